The van der Waals surface area contributed by atoms with Crippen LogP contribution in [0.3, 0.4) is 0 Å². The van der Waals surface area contributed by atoms with Gasteiger partial charge in [0.1, 0.15) is 11.9 Å². The molecule has 1 aliphatic heterocycles. The van der Waals surface area contributed by atoms with E-state index in [9.17, 15) is 0 Å². The second kappa shape index (κ2) is 8.47. The van der Waals surface area contributed by atoms with E-state index in [4.69, 9.17) is 4.74 Å². The molecule has 0 bridgehead atoms. The SMILES string of the molecule is CN(C)Cc1cc(OC2CCN(Cc3cnccc3N(C)C)C2)ccn1. The van der Waals surface area contributed by atoms with Crippen molar-refractivity contribution in [3.05, 3.63) is 48.0 Å². The highest BCUT2D eigenvalue weighted by Gasteiger charge is 2.25. The first-order valence-corrected chi connectivity index (χ1v) is 9.10. The fraction of sp³-hybridized carbons (Fsp3) is 0.500. The van der Waals surface area contributed by atoms with E-state index >= 15 is 0 Å². The van der Waals surface area contributed by atoms with E-state index in [0.717, 1.165) is 44.0 Å². The number of hydrogen-bond acceptors (Lipinski definition) is 6. The van der Waals surface area contributed by atoms with Gasteiger partial charge >= 0.3 is 0 Å². The van der Waals surface area contributed by atoms with Gasteiger partial charge in [-0.2, -0.15) is 0 Å². The van der Waals surface area contributed by atoms with Crippen molar-refractivity contribution < 1.29 is 4.74 Å². The van der Waals surface area contributed by atoms with Crippen LogP contribution in [0.15, 0.2) is 36.8 Å². The summed E-state index contributed by atoms with van der Waals surface area (Å²) in [7, 11) is 8.24. The molecule has 0 radical (unpaired) electrons. The number of ether oxygens (including phenoxy) is 1. The predicted molar refractivity (Wildman–Crippen MR) is 105 cm³/mol. The van der Waals surface area contributed by atoms with E-state index in [1.165, 1.54) is 11.3 Å². The van der Waals surface area contributed by atoms with Crippen LogP contribution in [0.2, 0.25) is 0 Å². The van der Waals surface area contributed by atoms with Crippen LogP contribution in [0.5, 0.6) is 5.75 Å². The Morgan fingerprint density at radius 1 is 1.19 bits per heavy atom. The Morgan fingerprint density at radius 2 is 2.04 bits per heavy atom. The number of hydrogen-bond donors (Lipinski definition) is 0. The number of anilines is 1. The molecule has 0 spiro atoms. The highest BCUT2D eigenvalue weighted by molar-refractivity contribution is 5.50. The van der Waals surface area contributed by atoms with Crippen LogP contribution in [0.25, 0.3) is 0 Å². The average molecular weight is 355 g/mol. The van der Waals surface area contributed by atoms with Crippen LogP contribution in [-0.4, -0.2) is 67.2 Å². The van der Waals surface area contributed by atoms with Crippen molar-refractivity contribution in [3.63, 3.8) is 0 Å². The Labute approximate surface area is 156 Å². The monoisotopic (exact) mass is 355 g/mol. The molecule has 3 heterocycles. The maximum atomic E-state index is 6.22. The maximum Gasteiger partial charge on any atom is 0.123 e. The minimum Gasteiger partial charge on any atom is -0.489 e. The van der Waals surface area contributed by atoms with E-state index in [1.807, 2.05) is 44.8 Å². The molecule has 1 saturated heterocycles. The summed E-state index contributed by atoms with van der Waals surface area (Å²) >= 11 is 0. The molecule has 0 amide bonds. The Balaban J connectivity index is 1.58. The molecular weight excluding hydrogens is 326 g/mol. The minimum atomic E-state index is 0.226. The van der Waals surface area contributed by atoms with Gasteiger partial charge in [-0.25, -0.2) is 0 Å². The van der Waals surface area contributed by atoms with Crippen molar-refractivity contribution in [3.8, 4) is 5.75 Å². The van der Waals surface area contributed by atoms with Crippen LogP contribution < -0.4 is 9.64 Å². The molecule has 0 N–H and O–H groups in total. The molecule has 0 aliphatic carbocycles. The van der Waals surface area contributed by atoms with Crippen molar-refractivity contribution >= 4 is 5.69 Å². The standard InChI is InChI=1S/C20H29N5O/c1-23(2)14-17-11-18(5-9-22-17)26-19-7-10-25(15-19)13-16-12-21-8-6-20(16)24(3)4/h5-6,8-9,11-12,19H,7,10,13-15H2,1-4H3. The number of aromatic nitrogens is 2. The van der Waals surface area contributed by atoms with E-state index in [2.05, 4.69) is 44.8 Å². The van der Waals surface area contributed by atoms with Crippen LogP contribution in [0.1, 0.15) is 17.7 Å². The fourth-order valence-corrected chi connectivity index (χ4v) is 3.39. The molecular formula is C20H29N5O. The molecule has 0 aromatic carbocycles. The van der Waals surface area contributed by atoms with Gasteiger partial charge in [0, 0.05) is 76.2 Å². The third-order valence-corrected chi connectivity index (χ3v) is 4.55. The molecule has 1 fully saturated rings. The number of likely N-dealkylation sites (tertiary alicyclic amines) is 1. The Morgan fingerprint density at radius 3 is 2.81 bits per heavy atom. The predicted octanol–water partition coefficient (Wildman–Crippen LogP) is 2.26. The summed E-state index contributed by atoms with van der Waals surface area (Å²) in [4.78, 5) is 15.4. The highest BCUT2D eigenvalue weighted by atomic mass is 16.5. The quantitative estimate of drug-likeness (QED) is 0.759. The summed E-state index contributed by atoms with van der Waals surface area (Å²) < 4.78 is 6.22. The third kappa shape index (κ3) is 4.93. The second-order valence-electron chi connectivity index (χ2n) is 7.38. The van der Waals surface area contributed by atoms with Crippen LogP contribution in [0.4, 0.5) is 5.69 Å². The van der Waals surface area contributed by atoms with Crippen LogP contribution in [-0.2, 0) is 13.1 Å². The zero-order valence-corrected chi connectivity index (χ0v) is 16.2. The van der Waals surface area contributed by atoms with Gasteiger partial charge in [-0.3, -0.25) is 14.9 Å². The molecule has 6 nitrogen and oxygen atoms in total. The van der Waals surface area contributed by atoms with Crippen molar-refractivity contribution in [1.82, 2.24) is 19.8 Å². The molecule has 1 aliphatic rings. The Hall–Kier alpha value is -2.18. The molecule has 2 aromatic heterocycles. The molecule has 1 unspecified atom stereocenters. The lowest BCUT2D eigenvalue weighted by Crippen LogP contribution is -2.25. The zero-order valence-electron chi connectivity index (χ0n) is 16.2. The fourth-order valence-electron chi connectivity index (χ4n) is 3.39. The smallest absolute Gasteiger partial charge is 0.123 e. The first-order valence-electron chi connectivity index (χ1n) is 9.10. The van der Waals surface area contributed by atoms with Gasteiger partial charge in [0.15, 0.2) is 0 Å². The topological polar surface area (TPSA) is 44.7 Å². The van der Waals surface area contributed by atoms with Gasteiger partial charge in [-0.1, -0.05) is 0 Å². The minimum absolute atomic E-state index is 0.226. The van der Waals surface area contributed by atoms with Gasteiger partial charge in [-0.05, 0) is 32.6 Å². The largest absolute Gasteiger partial charge is 0.489 e. The maximum absolute atomic E-state index is 6.22. The third-order valence-electron chi connectivity index (χ3n) is 4.55. The van der Waals surface area contributed by atoms with Crippen molar-refractivity contribution in [1.29, 1.82) is 0 Å². The van der Waals surface area contributed by atoms with Gasteiger partial charge in [0.25, 0.3) is 0 Å². The number of pyridine rings is 2. The van der Waals surface area contributed by atoms with Crippen molar-refractivity contribution in [2.45, 2.75) is 25.6 Å². The summed E-state index contributed by atoms with van der Waals surface area (Å²) in [6, 6.07) is 6.07. The molecule has 140 valence electrons. The van der Waals surface area contributed by atoms with Gasteiger partial charge in [0.05, 0.1) is 5.69 Å². The molecule has 3 rings (SSSR count). The Bertz CT molecular complexity index is 719. The molecule has 0 saturated carbocycles. The molecule has 26 heavy (non-hydrogen) atoms. The summed E-state index contributed by atoms with van der Waals surface area (Å²) in [5.41, 5.74) is 3.52. The lowest BCUT2D eigenvalue weighted by molar-refractivity contribution is 0.198. The first-order chi connectivity index (χ1) is 12.5. The zero-order chi connectivity index (χ0) is 18.5. The summed E-state index contributed by atoms with van der Waals surface area (Å²) in [6.45, 7) is 3.71. The van der Waals surface area contributed by atoms with Crippen molar-refractivity contribution in [2.24, 2.45) is 0 Å². The average Bonchev–Trinajstić information content (AvgIpc) is 3.02. The number of nitrogens with zero attached hydrogens (tertiary/aromatic N) is 5. The van der Waals surface area contributed by atoms with Crippen LogP contribution >= 0.6 is 0 Å². The van der Waals surface area contributed by atoms with Gasteiger partial charge in [0.2, 0.25) is 0 Å². The van der Waals surface area contributed by atoms with E-state index in [0.29, 0.717) is 0 Å². The summed E-state index contributed by atoms with van der Waals surface area (Å²) in [6.07, 6.45) is 6.93. The second-order valence-corrected chi connectivity index (χ2v) is 7.38. The molecule has 1 atom stereocenters. The van der Waals surface area contributed by atoms with E-state index < -0.39 is 0 Å². The number of rotatable bonds is 7. The van der Waals surface area contributed by atoms with Gasteiger partial charge < -0.3 is 14.5 Å². The van der Waals surface area contributed by atoms with Gasteiger partial charge in [-0.15, -0.1) is 0 Å². The van der Waals surface area contributed by atoms with Crippen molar-refractivity contribution in [2.75, 3.05) is 46.2 Å². The summed E-state index contributed by atoms with van der Waals surface area (Å²) in [5.74, 6) is 0.916. The normalized spacial score (nSPS) is 17.7. The Kier molecular flexibility index (Phi) is 6.06. The lowest BCUT2D eigenvalue weighted by Gasteiger charge is -2.21. The van der Waals surface area contributed by atoms with Crippen LogP contribution in [0, 0.1) is 0 Å². The first kappa shape index (κ1) is 18.6. The lowest BCUT2D eigenvalue weighted by atomic mass is 10.2. The molecule has 2 aromatic rings. The highest BCUT2D eigenvalue weighted by Crippen LogP contribution is 2.23. The van der Waals surface area contributed by atoms with E-state index in [-0.39, 0.29) is 6.10 Å². The summed E-state index contributed by atoms with van der Waals surface area (Å²) in [5, 5.41) is 0. The van der Waals surface area contributed by atoms with E-state index in [1.54, 1.807) is 0 Å². The molecule has 6 heteroatoms.